The quantitative estimate of drug-likeness (QED) is 0.732. The summed E-state index contributed by atoms with van der Waals surface area (Å²) in [4.78, 5) is 30.6. The number of hydrogen-bond donors (Lipinski definition) is 3. The van der Waals surface area contributed by atoms with Gasteiger partial charge in [-0.1, -0.05) is 26.8 Å². The van der Waals surface area contributed by atoms with Crippen LogP contribution in [0.3, 0.4) is 0 Å². The molecule has 0 saturated carbocycles. The van der Waals surface area contributed by atoms with Crippen molar-refractivity contribution in [3.05, 3.63) is 18.2 Å². The molecule has 106 valence electrons. The highest BCUT2D eigenvalue weighted by atomic mass is 31.2. The van der Waals surface area contributed by atoms with Crippen molar-refractivity contribution >= 4 is 24.5 Å². The minimum absolute atomic E-state index is 0.0123. The van der Waals surface area contributed by atoms with Crippen molar-refractivity contribution in [2.24, 2.45) is 5.41 Å². The van der Waals surface area contributed by atoms with Crippen LogP contribution in [0.2, 0.25) is 0 Å². The molecule has 0 aromatic heterocycles. The van der Waals surface area contributed by atoms with E-state index in [0.717, 1.165) is 0 Å². The van der Waals surface area contributed by atoms with Crippen LogP contribution >= 0.6 is 7.60 Å². The van der Waals surface area contributed by atoms with Gasteiger partial charge in [0.1, 0.15) is 5.75 Å². The van der Waals surface area contributed by atoms with Crippen LogP contribution in [0.25, 0.3) is 0 Å². The van der Waals surface area contributed by atoms with E-state index in [1.165, 1.54) is 25.3 Å². The van der Waals surface area contributed by atoms with Crippen LogP contribution in [0.15, 0.2) is 18.2 Å². The third kappa shape index (κ3) is 3.80. The highest BCUT2D eigenvalue weighted by Crippen LogP contribution is 2.40. The number of para-hydroxylation sites is 1. The van der Waals surface area contributed by atoms with Crippen LogP contribution in [0.4, 0.5) is 5.69 Å². The SMILES string of the molecule is COc1cccc(P(=O)(O)O)c1NC(=O)C(C)(C)C. The Bertz CT molecular complexity index is 529. The Morgan fingerprint density at radius 3 is 2.32 bits per heavy atom. The normalized spacial score (nSPS) is 12.1. The Kier molecular flexibility index (Phi) is 4.40. The lowest BCUT2D eigenvalue weighted by molar-refractivity contribution is -0.123. The maximum Gasteiger partial charge on any atom is 0.358 e. The molecule has 3 N–H and O–H groups in total. The van der Waals surface area contributed by atoms with Crippen LogP contribution in [0.5, 0.6) is 5.75 Å². The van der Waals surface area contributed by atoms with Gasteiger partial charge < -0.3 is 19.8 Å². The number of methoxy groups -OCH3 is 1. The van der Waals surface area contributed by atoms with Gasteiger partial charge in [0.05, 0.1) is 18.1 Å². The molecule has 19 heavy (non-hydrogen) atoms. The van der Waals surface area contributed by atoms with Gasteiger partial charge in [-0.05, 0) is 12.1 Å². The monoisotopic (exact) mass is 287 g/mol. The highest BCUT2D eigenvalue weighted by Gasteiger charge is 2.28. The van der Waals surface area contributed by atoms with E-state index in [-0.39, 0.29) is 22.6 Å². The van der Waals surface area contributed by atoms with E-state index in [1.807, 2.05) is 0 Å². The maximum atomic E-state index is 12.0. The molecular formula is C12H18NO5P. The van der Waals surface area contributed by atoms with E-state index >= 15 is 0 Å². The molecule has 1 aromatic carbocycles. The summed E-state index contributed by atoms with van der Waals surface area (Å²) in [5.41, 5.74) is -0.675. The van der Waals surface area contributed by atoms with E-state index in [2.05, 4.69) is 5.32 Å². The molecule has 0 heterocycles. The summed E-state index contributed by atoms with van der Waals surface area (Å²) >= 11 is 0. The number of nitrogens with one attached hydrogen (secondary N) is 1. The summed E-state index contributed by atoms with van der Waals surface area (Å²) in [7, 11) is -3.13. The average Bonchev–Trinajstić information content (AvgIpc) is 2.26. The second-order valence-electron chi connectivity index (χ2n) is 5.10. The smallest absolute Gasteiger partial charge is 0.358 e. The van der Waals surface area contributed by atoms with Crippen LogP contribution < -0.4 is 15.4 Å². The molecule has 0 spiro atoms. The molecule has 0 unspecified atom stereocenters. The fourth-order valence-corrected chi connectivity index (χ4v) is 2.10. The predicted octanol–water partition coefficient (Wildman–Crippen LogP) is 1.48. The third-order valence-corrected chi connectivity index (χ3v) is 3.46. The first-order valence-corrected chi connectivity index (χ1v) is 7.23. The van der Waals surface area contributed by atoms with Crippen molar-refractivity contribution in [1.82, 2.24) is 0 Å². The van der Waals surface area contributed by atoms with E-state index in [0.29, 0.717) is 0 Å². The Morgan fingerprint density at radius 2 is 1.89 bits per heavy atom. The summed E-state index contributed by atoms with van der Waals surface area (Å²) in [6.45, 7) is 5.11. The van der Waals surface area contributed by atoms with Gasteiger partial charge in [0.15, 0.2) is 0 Å². The minimum Gasteiger partial charge on any atom is -0.495 e. The van der Waals surface area contributed by atoms with E-state index < -0.39 is 13.0 Å². The van der Waals surface area contributed by atoms with Crippen molar-refractivity contribution < 1.29 is 23.9 Å². The lowest BCUT2D eigenvalue weighted by Gasteiger charge is -2.21. The van der Waals surface area contributed by atoms with Crippen LogP contribution in [0.1, 0.15) is 20.8 Å². The maximum absolute atomic E-state index is 12.0. The van der Waals surface area contributed by atoms with Crippen LogP contribution in [-0.4, -0.2) is 22.8 Å². The average molecular weight is 287 g/mol. The summed E-state index contributed by atoms with van der Waals surface area (Å²) in [6, 6.07) is 4.25. The molecule has 1 rings (SSSR count). The highest BCUT2D eigenvalue weighted by molar-refractivity contribution is 7.60. The van der Waals surface area contributed by atoms with Crippen molar-refractivity contribution in [2.75, 3.05) is 12.4 Å². The molecule has 0 saturated heterocycles. The Labute approximate surface area is 111 Å². The van der Waals surface area contributed by atoms with Crippen molar-refractivity contribution in [3.8, 4) is 5.75 Å². The molecule has 0 radical (unpaired) electrons. The van der Waals surface area contributed by atoms with Crippen molar-refractivity contribution in [2.45, 2.75) is 20.8 Å². The van der Waals surface area contributed by atoms with Crippen LogP contribution in [-0.2, 0) is 9.36 Å². The molecule has 0 fully saturated rings. The Morgan fingerprint density at radius 1 is 1.32 bits per heavy atom. The lowest BCUT2D eigenvalue weighted by Crippen LogP contribution is -2.30. The van der Waals surface area contributed by atoms with E-state index in [4.69, 9.17) is 4.74 Å². The predicted molar refractivity (Wildman–Crippen MR) is 72.8 cm³/mol. The largest absolute Gasteiger partial charge is 0.495 e. The van der Waals surface area contributed by atoms with Gasteiger partial charge in [-0.2, -0.15) is 0 Å². The molecule has 1 aromatic rings. The van der Waals surface area contributed by atoms with E-state index in [1.54, 1.807) is 20.8 Å². The van der Waals surface area contributed by atoms with Crippen molar-refractivity contribution in [1.29, 1.82) is 0 Å². The topological polar surface area (TPSA) is 95.9 Å². The first-order valence-electron chi connectivity index (χ1n) is 5.62. The van der Waals surface area contributed by atoms with Gasteiger partial charge >= 0.3 is 7.60 Å². The minimum atomic E-state index is -4.50. The van der Waals surface area contributed by atoms with Gasteiger partial charge in [0.25, 0.3) is 0 Å². The lowest BCUT2D eigenvalue weighted by atomic mass is 9.95. The third-order valence-electron chi connectivity index (χ3n) is 2.46. The molecule has 0 aliphatic carbocycles. The second kappa shape index (κ2) is 5.33. The number of benzene rings is 1. The summed E-state index contributed by atoms with van der Waals surface area (Å²) in [6.07, 6.45) is 0. The molecular weight excluding hydrogens is 269 g/mol. The zero-order valence-corrected chi connectivity index (χ0v) is 12.2. The fourth-order valence-electron chi connectivity index (χ4n) is 1.36. The van der Waals surface area contributed by atoms with Gasteiger partial charge in [-0.25, -0.2) is 0 Å². The number of ether oxygens (including phenoxy) is 1. The fraction of sp³-hybridized carbons (Fsp3) is 0.417. The number of rotatable bonds is 3. The standard InChI is InChI=1S/C12H18NO5P/c1-12(2,3)11(14)13-10-8(18-4)6-5-7-9(10)19(15,16)17/h5-7H,1-4H3,(H,13,14)(H2,15,16,17). The molecule has 0 bridgehead atoms. The molecule has 1 amide bonds. The number of anilines is 1. The Balaban J connectivity index is 3.32. The second-order valence-corrected chi connectivity index (χ2v) is 6.67. The summed E-state index contributed by atoms with van der Waals surface area (Å²) in [5.74, 6) is -0.148. The van der Waals surface area contributed by atoms with Gasteiger partial charge in [-0.15, -0.1) is 0 Å². The summed E-state index contributed by atoms with van der Waals surface area (Å²) in [5, 5.41) is 2.26. The molecule has 7 heteroatoms. The van der Waals surface area contributed by atoms with E-state index in [9.17, 15) is 19.1 Å². The van der Waals surface area contributed by atoms with Crippen molar-refractivity contribution in [3.63, 3.8) is 0 Å². The number of carbonyl (C=O) groups excluding carboxylic acids is 1. The first-order chi connectivity index (χ1) is 8.57. The Hall–Kier alpha value is -1.36. The van der Waals surface area contributed by atoms with Gasteiger partial charge in [0, 0.05) is 5.41 Å². The molecule has 6 nitrogen and oxygen atoms in total. The number of hydrogen-bond acceptors (Lipinski definition) is 3. The zero-order valence-electron chi connectivity index (χ0n) is 11.3. The molecule has 0 atom stereocenters. The van der Waals surface area contributed by atoms with Gasteiger partial charge in [0.2, 0.25) is 5.91 Å². The zero-order chi connectivity index (χ0) is 14.8. The number of carbonyl (C=O) groups is 1. The summed E-state index contributed by atoms with van der Waals surface area (Å²) < 4.78 is 16.5. The number of amides is 1. The first kappa shape index (κ1) is 15.7. The molecule has 0 aliphatic heterocycles. The van der Waals surface area contributed by atoms with Gasteiger partial charge in [-0.3, -0.25) is 9.36 Å². The molecule has 0 aliphatic rings. The van der Waals surface area contributed by atoms with Crippen LogP contribution in [0, 0.1) is 5.41 Å².